The van der Waals surface area contributed by atoms with Gasteiger partial charge in [-0.2, -0.15) is 13.0 Å². The number of amides is 2. The Bertz CT molecular complexity index is 2940. The maximum Gasteiger partial charge on any atom is 0.338 e. The van der Waals surface area contributed by atoms with Gasteiger partial charge in [-0.05, 0) is 93.3 Å². The minimum Gasteiger partial charge on any atom is -0.465 e. The molecule has 0 aromatic heterocycles. The first-order valence-electron chi connectivity index (χ1n) is 23.9. The summed E-state index contributed by atoms with van der Waals surface area (Å²) in [5.41, 5.74) is 6.32. The number of unbranched alkanes of at least 4 members (excludes halogenated alkanes) is 2. The number of hydrogen-bond acceptors (Lipinski definition) is 8. The molecule has 0 saturated carbocycles. The van der Waals surface area contributed by atoms with Crippen LogP contribution in [0.4, 0.5) is 11.4 Å². The summed E-state index contributed by atoms with van der Waals surface area (Å²) >= 11 is 0. The van der Waals surface area contributed by atoms with Crippen LogP contribution in [0.15, 0.2) is 162 Å². The van der Waals surface area contributed by atoms with Crippen molar-refractivity contribution in [2.24, 2.45) is 0 Å². The average molecular weight is 996 g/mol. The molecule has 2 heterocycles. The molecule has 2 aliphatic heterocycles. The second-order valence-electron chi connectivity index (χ2n) is 18.5. The molecule has 7 rings (SSSR count). The molecule has 0 unspecified atom stereocenters. The van der Waals surface area contributed by atoms with Crippen LogP contribution >= 0.6 is 7.92 Å². The highest BCUT2D eigenvalue weighted by atomic mass is 32.2. The van der Waals surface area contributed by atoms with Crippen molar-refractivity contribution in [1.82, 2.24) is 10.6 Å². The third kappa shape index (κ3) is 12.0. The fourth-order valence-electron chi connectivity index (χ4n) is 9.50. The Morgan fingerprint density at radius 3 is 2.10 bits per heavy atom. The Morgan fingerprint density at radius 2 is 1.42 bits per heavy atom. The zero-order valence-corrected chi connectivity index (χ0v) is 43.1. The summed E-state index contributed by atoms with van der Waals surface area (Å²) in [6.45, 7) is 10.9. The van der Waals surface area contributed by atoms with Gasteiger partial charge in [0.1, 0.15) is 6.54 Å². The molecule has 0 fully saturated rings. The van der Waals surface area contributed by atoms with Crippen molar-refractivity contribution in [3.05, 3.63) is 180 Å². The van der Waals surface area contributed by atoms with Crippen LogP contribution in [0.5, 0.6) is 0 Å². The predicted molar refractivity (Wildman–Crippen MR) is 284 cm³/mol. The van der Waals surface area contributed by atoms with E-state index in [1.54, 1.807) is 37.4 Å². The number of para-hydroxylation sites is 1. The Morgan fingerprint density at radius 1 is 0.746 bits per heavy atom. The normalized spacial score (nSPS) is 15.4. The molecule has 370 valence electrons. The number of anilines is 1. The number of methoxy groups -OCH3 is 2. The first kappa shape index (κ1) is 52.3. The number of carbonyl (C=O) groups is 3. The average Bonchev–Trinajstić information content (AvgIpc) is 3.71. The maximum atomic E-state index is 13.5. The lowest BCUT2D eigenvalue weighted by molar-refractivity contribution is -0.438. The standard InChI is InChI=1S/C57H63N4O8PS/c1-56(2)46-25-18-19-26-48(46)60(51(56)27-15-9-16-28-52-57(3,4)47-40-44(71(65,66)67)31-33-49(47)61(52)37-38-68-5)36-20-10-17-29-53(62)58-34-35-59-54(63)41-30-32-45(55(64)69-6)50(39-41)70(42-21-11-7-12-22-42)43-23-13-8-14-24-43/h7-9,11-16,18-19,21-28,30-33,39-40H,10,17,20,29,34-38H2,1-6H3,(H2-,58,59,62,63,65,66,67)/p+1. The van der Waals surface area contributed by atoms with Crippen LogP contribution in [-0.4, -0.2) is 88.0 Å². The third-order valence-corrected chi connectivity index (χ3v) is 16.5. The van der Waals surface area contributed by atoms with Gasteiger partial charge in [0.15, 0.2) is 5.71 Å². The van der Waals surface area contributed by atoms with Crippen LogP contribution in [0.1, 0.15) is 85.2 Å². The summed E-state index contributed by atoms with van der Waals surface area (Å²) < 4.78 is 46.8. The number of fused-ring (bicyclic) bond motifs is 2. The lowest BCUT2D eigenvalue weighted by Gasteiger charge is -2.26. The fraction of sp³-hybridized carbons (Fsp3) is 0.298. The molecule has 14 heteroatoms. The van der Waals surface area contributed by atoms with Crippen LogP contribution in [0.2, 0.25) is 0 Å². The van der Waals surface area contributed by atoms with E-state index >= 15 is 0 Å². The lowest BCUT2D eigenvalue weighted by Crippen LogP contribution is -2.35. The number of hydrogen-bond donors (Lipinski definition) is 3. The van der Waals surface area contributed by atoms with Gasteiger partial charge in [-0.3, -0.25) is 14.1 Å². The molecule has 71 heavy (non-hydrogen) atoms. The number of carbonyl (C=O) groups excluding carboxylic acids is 3. The predicted octanol–water partition coefficient (Wildman–Crippen LogP) is 8.40. The summed E-state index contributed by atoms with van der Waals surface area (Å²) in [5.74, 6) is -0.841. The number of rotatable bonds is 21. The SMILES string of the molecule is COCCN1C(=CC=CC=CC2=[N+](CCCCCC(=O)NCCNC(=O)c3ccc(C(=O)OC)c(P(c4ccccc4)c4ccccc4)c3)c3ccccc3C2(C)C)C(C)(C)c2cc(S(=O)(=O)O)ccc21. The van der Waals surface area contributed by atoms with Gasteiger partial charge >= 0.3 is 5.97 Å². The number of allylic oxidation sites excluding steroid dienone is 6. The first-order chi connectivity index (χ1) is 34.1. The molecular weight excluding hydrogens is 932 g/mol. The molecule has 0 atom stereocenters. The van der Waals surface area contributed by atoms with E-state index in [0.29, 0.717) is 30.7 Å². The van der Waals surface area contributed by atoms with Gasteiger partial charge < -0.3 is 25.0 Å². The van der Waals surface area contributed by atoms with Crippen LogP contribution in [-0.2, 0) is 35.2 Å². The smallest absolute Gasteiger partial charge is 0.338 e. The van der Waals surface area contributed by atoms with E-state index in [2.05, 4.69) is 76.5 Å². The number of nitrogens with one attached hydrogen (secondary N) is 2. The monoisotopic (exact) mass is 995 g/mol. The Balaban J connectivity index is 0.938. The number of nitrogens with zero attached hydrogens (tertiary/aromatic N) is 2. The topological polar surface area (TPSA) is 154 Å². The molecule has 0 radical (unpaired) electrons. The molecule has 5 aromatic carbocycles. The van der Waals surface area contributed by atoms with Crippen molar-refractivity contribution < 1.29 is 41.4 Å². The molecule has 3 N–H and O–H groups in total. The summed E-state index contributed by atoms with van der Waals surface area (Å²) in [7, 11) is -2.55. The molecule has 2 aliphatic rings. The van der Waals surface area contributed by atoms with E-state index in [1.165, 1.54) is 30.1 Å². The zero-order chi connectivity index (χ0) is 50.8. The van der Waals surface area contributed by atoms with Crippen molar-refractivity contribution >= 4 is 68.8 Å². The Kier molecular flexibility index (Phi) is 17.1. The van der Waals surface area contributed by atoms with Crippen LogP contribution in [0, 0.1) is 0 Å². The molecule has 0 aliphatic carbocycles. The summed E-state index contributed by atoms with van der Waals surface area (Å²) in [6, 6.07) is 38.2. The number of benzene rings is 5. The highest BCUT2D eigenvalue weighted by molar-refractivity contribution is 7.85. The summed E-state index contributed by atoms with van der Waals surface area (Å²) in [5, 5.41) is 8.68. The van der Waals surface area contributed by atoms with Crippen molar-refractivity contribution in [3.8, 4) is 0 Å². The van der Waals surface area contributed by atoms with Gasteiger partial charge in [-0.15, -0.1) is 0 Å². The van der Waals surface area contributed by atoms with E-state index in [-0.39, 0.29) is 35.2 Å². The zero-order valence-electron chi connectivity index (χ0n) is 41.4. The highest BCUT2D eigenvalue weighted by Gasteiger charge is 2.44. The van der Waals surface area contributed by atoms with Crippen LogP contribution < -0.4 is 31.4 Å². The molecule has 5 aromatic rings. The van der Waals surface area contributed by atoms with Crippen molar-refractivity contribution in [2.75, 3.05) is 51.9 Å². The van der Waals surface area contributed by atoms with Gasteiger partial charge in [0.25, 0.3) is 16.0 Å². The minimum atomic E-state index is -4.36. The van der Waals surface area contributed by atoms with Gasteiger partial charge in [0, 0.05) is 85.0 Å². The number of ether oxygens (including phenoxy) is 2. The molecule has 0 saturated heterocycles. The van der Waals surface area contributed by atoms with E-state index < -0.39 is 29.4 Å². The highest BCUT2D eigenvalue weighted by Crippen LogP contribution is 2.48. The van der Waals surface area contributed by atoms with Gasteiger partial charge in [0.2, 0.25) is 11.6 Å². The van der Waals surface area contributed by atoms with Crippen molar-refractivity contribution in [3.63, 3.8) is 0 Å². The summed E-state index contributed by atoms with van der Waals surface area (Å²) in [4.78, 5) is 41.4. The third-order valence-electron chi connectivity index (χ3n) is 13.2. The molecule has 0 bridgehead atoms. The van der Waals surface area contributed by atoms with Crippen molar-refractivity contribution in [2.45, 2.75) is 69.1 Å². The molecule has 0 spiro atoms. The first-order valence-corrected chi connectivity index (χ1v) is 26.7. The van der Waals surface area contributed by atoms with E-state index in [0.717, 1.165) is 58.7 Å². The van der Waals surface area contributed by atoms with Crippen molar-refractivity contribution in [1.29, 1.82) is 0 Å². The molecule has 12 nitrogen and oxygen atoms in total. The van der Waals surface area contributed by atoms with Gasteiger partial charge in [-0.1, -0.05) is 111 Å². The molecular formula is C57H64N4O8PS+. The van der Waals surface area contributed by atoms with Crippen LogP contribution in [0.25, 0.3) is 0 Å². The van der Waals surface area contributed by atoms with Gasteiger partial charge in [-0.25, -0.2) is 4.79 Å². The summed E-state index contributed by atoms with van der Waals surface area (Å²) in [6.07, 6.45) is 13.1. The number of esters is 1. The van der Waals surface area contributed by atoms with E-state index in [4.69, 9.17) is 9.47 Å². The maximum absolute atomic E-state index is 13.5. The molecule has 2 amide bonds. The second kappa shape index (κ2) is 23.2. The lowest BCUT2D eigenvalue weighted by atomic mass is 9.81. The second-order valence-corrected chi connectivity index (χ2v) is 22.2. The van der Waals surface area contributed by atoms with Gasteiger partial charge in [0.05, 0.1) is 29.6 Å². The van der Waals surface area contributed by atoms with E-state index in [1.807, 2.05) is 86.7 Å². The quantitative estimate of drug-likeness (QED) is 0.0164. The van der Waals surface area contributed by atoms with E-state index in [9.17, 15) is 27.4 Å². The Labute approximate surface area is 419 Å². The fourth-order valence-corrected chi connectivity index (χ4v) is 12.5. The minimum absolute atomic E-state index is 0.0699. The Hall–Kier alpha value is -6.50. The largest absolute Gasteiger partial charge is 0.465 e. The van der Waals surface area contributed by atoms with Crippen LogP contribution in [0.3, 0.4) is 0 Å².